The number of nitriles is 1. The van der Waals surface area contributed by atoms with Crippen molar-refractivity contribution in [2.75, 3.05) is 5.32 Å². The maximum Gasteiger partial charge on any atom is 0.335 e. The van der Waals surface area contributed by atoms with Gasteiger partial charge in [0, 0.05) is 5.69 Å². The second kappa shape index (κ2) is 8.30. The summed E-state index contributed by atoms with van der Waals surface area (Å²) in [4.78, 5) is 23.2. The molecule has 2 aromatic rings. The van der Waals surface area contributed by atoms with Crippen LogP contribution >= 0.6 is 45.2 Å². The second-order valence-corrected chi connectivity index (χ2v) is 7.17. The van der Waals surface area contributed by atoms with E-state index in [2.05, 4.69) is 5.32 Å². The summed E-state index contributed by atoms with van der Waals surface area (Å²) in [6.45, 7) is 0. The zero-order valence-corrected chi connectivity index (χ0v) is 16.8. The Hall–Kier alpha value is -2.13. The zero-order chi connectivity index (χ0) is 18.6. The third-order valence-electron chi connectivity index (χ3n) is 3.08. The topological polar surface area (TPSA) is 110 Å². The SMILES string of the molecule is N#C/C(=C/c1cc(I)c(O)c(I)c1)C(=O)Nc1cccc(C(=O)O)c1. The summed E-state index contributed by atoms with van der Waals surface area (Å²) in [6.07, 6.45) is 1.40. The van der Waals surface area contributed by atoms with Gasteiger partial charge in [-0.25, -0.2) is 4.79 Å². The number of hydrogen-bond acceptors (Lipinski definition) is 4. The van der Waals surface area contributed by atoms with Crippen molar-refractivity contribution in [3.63, 3.8) is 0 Å². The maximum atomic E-state index is 12.3. The highest BCUT2D eigenvalue weighted by Gasteiger charge is 2.12. The third kappa shape index (κ3) is 4.93. The van der Waals surface area contributed by atoms with E-state index in [1.54, 1.807) is 12.1 Å². The Bertz CT molecular complexity index is 909. The van der Waals surface area contributed by atoms with Crippen LogP contribution in [0.1, 0.15) is 15.9 Å². The summed E-state index contributed by atoms with van der Waals surface area (Å²) in [5.74, 6) is -1.62. The highest BCUT2D eigenvalue weighted by atomic mass is 127. The molecule has 0 fully saturated rings. The van der Waals surface area contributed by atoms with Crippen molar-refractivity contribution in [3.8, 4) is 11.8 Å². The van der Waals surface area contributed by atoms with Gasteiger partial charge in [0.1, 0.15) is 17.4 Å². The number of benzene rings is 2. The van der Waals surface area contributed by atoms with Crippen LogP contribution in [-0.4, -0.2) is 22.1 Å². The number of nitrogens with one attached hydrogen (secondary N) is 1. The summed E-state index contributed by atoms with van der Waals surface area (Å²) >= 11 is 3.91. The molecule has 25 heavy (non-hydrogen) atoms. The van der Waals surface area contributed by atoms with Crippen molar-refractivity contribution in [2.24, 2.45) is 0 Å². The maximum absolute atomic E-state index is 12.3. The standard InChI is InChI=1S/C17H10I2N2O4/c18-13-5-9(6-14(19)15(13)22)4-11(8-20)16(23)21-12-3-1-2-10(7-12)17(24)25/h1-7,22H,(H,21,23)(H,24,25)/b11-4-. The van der Waals surface area contributed by atoms with E-state index in [0.717, 1.165) is 0 Å². The first-order valence-electron chi connectivity index (χ1n) is 6.76. The first-order valence-corrected chi connectivity index (χ1v) is 8.92. The molecule has 8 heteroatoms. The van der Waals surface area contributed by atoms with Crippen LogP contribution in [0.5, 0.6) is 5.75 Å². The average Bonchev–Trinajstić information content (AvgIpc) is 2.57. The number of aromatic carboxylic acids is 1. The Labute approximate surface area is 170 Å². The van der Waals surface area contributed by atoms with Gasteiger partial charge in [0.15, 0.2) is 0 Å². The molecule has 126 valence electrons. The van der Waals surface area contributed by atoms with E-state index in [9.17, 15) is 20.0 Å². The molecule has 6 nitrogen and oxygen atoms in total. The molecule has 0 unspecified atom stereocenters. The fourth-order valence-corrected chi connectivity index (χ4v) is 3.73. The van der Waals surface area contributed by atoms with E-state index >= 15 is 0 Å². The number of phenolic OH excluding ortho intramolecular Hbond substituents is 1. The predicted molar refractivity (Wildman–Crippen MR) is 109 cm³/mol. The largest absolute Gasteiger partial charge is 0.506 e. The van der Waals surface area contributed by atoms with Crippen molar-refractivity contribution < 1.29 is 19.8 Å². The minimum absolute atomic E-state index is 0.0305. The fraction of sp³-hybridized carbons (Fsp3) is 0. The Morgan fingerprint density at radius 1 is 1.16 bits per heavy atom. The highest BCUT2D eigenvalue weighted by Crippen LogP contribution is 2.28. The molecule has 0 saturated carbocycles. The molecule has 0 aliphatic carbocycles. The van der Waals surface area contributed by atoms with Gasteiger partial charge in [0.25, 0.3) is 5.91 Å². The lowest BCUT2D eigenvalue weighted by atomic mass is 10.1. The van der Waals surface area contributed by atoms with E-state index in [-0.39, 0.29) is 22.6 Å². The summed E-state index contributed by atoms with van der Waals surface area (Å²) in [7, 11) is 0. The van der Waals surface area contributed by atoms with Crippen LogP contribution in [0.15, 0.2) is 42.0 Å². The van der Waals surface area contributed by atoms with Crippen LogP contribution in [0.2, 0.25) is 0 Å². The van der Waals surface area contributed by atoms with Gasteiger partial charge in [-0.2, -0.15) is 5.26 Å². The minimum Gasteiger partial charge on any atom is -0.506 e. The molecular formula is C17H10I2N2O4. The fourth-order valence-electron chi connectivity index (χ4n) is 1.91. The normalized spacial score (nSPS) is 10.8. The highest BCUT2D eigenvalue weighted by molar-refractivity contribution is 14.1. The summed E-state index contributed by atoms with van der Waals surface area (Å²) in [5, 5.41) is 30.5. The predicted octanol–water partition coefficient (Wildman–Crippen LogP) is 3.85. The number of amides is 1. The molecule has 0 heterocycles. The van der Waals surface area contributed by atoms with E-state index in [1.165, 1.54) is 30.3 Å². The number of carbonyl (C=O) groups is 2. The van der Waals surface area contributed by atoms with E-state index in [4.69, 9.17) is 5.11 Å². The quantitative estimate of drug-likeness (QED) is 0.299. The third-order valence-corrected chi connectivity index (χ3v) is 4.73. The smallest absolute Gasteiger partial charge is 0.335 e. The van der Waals surface area contributed by atoms with Crippen LogP contribution in [0.25, 0.3) is 6.08 Å². The van der Waals surface area contributed by atoms with Gasteiger partial charge in [-0.3, -0.25) is 4.79 Å². The van der Waals surface area contributed by atoms with Gasteiger partial charge in [-0.1, -0.05) is 6.07 Å². The van der Waals surface area contributed by atoms with Crippen LogP contribution in [0.4, 0.5) is 5.69 Å². The molecule has 0 saturated heterocycles. The van der Waals surface area contributed by atoms with Gasteiger partial charge in [-0.05, 0) is 87.2 Å². The Morgan fingerprint density at radius 2 is 1.80 bits per heavy atom. The second-order valence-electron chi connectivity index (χ2n) is 4.84. The molecule has 2 aromatic carbocycles. The van der Waals surface area contributed by atoms with Crippen LogP contribution in [0, 0.1) is 18.5 Å². The lowest BCUT2D eigenvalue weighted by molar-refractivity contribution is -0.112. The molecule has 0 aromatic heterocycles. The lowest BCUT2D eigenvalue weighted by Gasteiger charge is -2.06. The summed E-state index contributed by atoms with van der Waals surface area (Å²) < 4.78 is 1.20. The molecule has 1 amide bonds. The molecule has 0 aliphatic rings. The molecule has 0 bridgehead atoms. The molecule has 0 spiro atoms. The number of halogens is 2. The van der Waals surface area contributed by atoms with Gasteiger partial charge in [-0.15, -0.1) is 0 Å². The average molecular weight is 560 g/mol. The molecule has 3 N–H and O–H groups in total. The molecule has 0 atom stereocenters. The van der Waals surface area contributed by atoms with Crippen LogP contribution in [-0.2, 0) is 4.79 Å². The Kier molecular flexibility index (Phi) is 6.38. The van der Waals surface area contributed by atoms with E-state index in [0.29, 0.717) is 12.7 Å². The summed E-state index contributed by atoms with van der Waals surface area (Å²) in [5.41, 5.74) is 0.763. The summed E-state index contributed by atoms with van der Waals surface area (Å²) in [6, 6.07) is 10.9. The number of carboxylic acids is 1. The number of carbonyl (C=O) groups excluding carboxylic acids is 1. The Balaban J connectivity index is 2.29. The van der Waals surface area contributed by atoms with Crippen molar-refractivity contribution >= 4 is 68.8 Å². The van der Waals surface area contributed by atoms with E-state index < -0.39 is 11.9 Å². The zero-order valence-electron chi connectivity index (χ0n) is 12.5. The van der Waals surface area contributed by atoms with Gasteiger partial charge in [0.05, 0.1) is 12.7 Å². The number of aromatic hydroxyl groups is 1. The van der Waals surface area contributed by atoms with Crippen molar-refractivity contribution in [2.45, 2.75) is 0 Å². The number of rotatable bonds is 4. The van der Waals surface area contributed by atoms with Gasteiger partial charge < -0.3 is 15.5 Å². The van der Waals surface area contributed by atoms with Gasteiger partial charge in [0.2, 0.25) is 0 Å². The van der Waals surface area contributed by atoms with E-state index in [1.807, 2.05) is 51.3 Å². The van der Waals surface area contributed by atoms with Crippen molar-refractivity contribution in [1.29, 1.82) is 5.26 Å². The first-order chi connectivity index (χ1) is 11.8. The van der Waals surface area contributed by atoms with Gasteiger partial charge >= 0.3 is 5.97 Å². The molecule has 0 radical (unpaired) electrons. The number of phenols is 1. The Morgan fingerprint density at radius 3 is 2.36 bits per heavy atom. The lowest BCUT2D eigenvalue weighted by Crippen LogP contribution is -2.14. The minimum atomic E-state index is -1.11. The molecule has 2 rings (SSSR count). The van der Waals surface area contributed by atoms with Crippen LogP contribution in [0.3, 0.4) is 0 Å². The number of nitrogens with zero attached hydrogens (tertiary/aromatic N) is 1. The van der Waals surface area contributed by atoms with Crippen molar-refractivity contribution in [3.05, 3.63) is 60.2 Å². The van der Waals surface area contributed by atoms with Crippen molar-refractivity contribution in [1.82, 2.24) is 0 Å². The molecular weight excluding hydrogens is 550 g/mol. The monoisotopic (exact) mass is 560 g/mol. The number of hydrogen-bond donors (Lipinski definition) is 3. The van der Waals surface area contributed by atoms with Crippen LogP contribution < -0.4 is 5.32 Å². The molecule has 0 aliphatic heterocycles. The number of carboxylic acid groups (broad SMARTS) is 1. The number of anilines is 1. The first kappa shape index (κ1) is 19.2.